The zero-order valence-electron chi connectivity index (χ0n) is 19.5. The van der Waals surface area contributed by atoms with E-state index in [2.05, 4.69) is 37.0 Å². The molecule has 8 heteroatoms. The molecule has 1 N–H and O–H groups in total. The van der Waals surface area contributed by atoms with Crippen LogP contribution in [0.25, 0.3) is 21.5 Å². The smallest absolute Gasteiger partial charge is 0.225 e. The molecule has 2 aromatic carbocycles. The highest BCUT2D eigenvalue weighted by Crippen LogP contribution is 2.29. The number of halogens is 1. The number of fused-ring (bicyclic) bond motifs is 1. The Hall–Kier alpha value is -3.65. The van der Waals surface area contributed by atoms with Crippen molar-refractivity contribution < 1.29 is 13.7 Å². The normalized spacial score (nSPS) is 14.1. The second-order valence-electron chi connectivity index (χ2n) is 8.39. The summed E-state index contributed by atoms with van der Waals surface area (Å²) in [5.41, 5.74) is 7.40. The highest BCUT2D eigenvalue weighted by atomic mass is 32.1. The van der Waals surface area contributed by atoms with Crippen LogP contribution in [0.5, 0.6) is 5.75 Å². The third-order valence-corrected chi connectivity index (χ3v) is 6.78. The van der Waals surface area contributed by atoms with Gasteiger partial charge in [-0.2, -0.15) is 4.58 Å². The predicted octanol–water partition coefficient (Wildman–Crippen LogP) is 5.75. The first-order chi connectivity index (χ1) is 16.4. The lowest BCUT2D eigenvalue weighted by Crippen LogP contribution is -2.28. The average molecular weight is 475 g/mol. The Morgan fingerprint density at radius 2 is 1.97 bits per heavy atom. The highest BCUT2D eigenvalue weighted by molar-refractivity contribution is 7.16. The summed E-state index contributed by atoms with van der Waals surface area (Å²) in [6.45, 7) is 6.25. The summed E-state index contributed by atoms with van der Waals surface area (Å²) < 4.78 is 23.8. The maximum Gasteiger partial charge on any atom is 0.225 e. The highest BCUT2D eigenvalue weighted by Gasteiger charge is 2.22. The number of rotatable bonds is 7. The van der Waals surface area contributed by atoms with Crippen LogP contribution in [-0.4, -0.2) is 38.9 Å². The number of ether oxygens (including phenoxy) is 1. The van der Waals surface area contributed by atoms with Gasteiger partial charge in [-0.25, -0.2) is 19.3 Å². The number of aromatic nitrogens is 3. The first-order valence-electron chi connectivity index (χ1n) is 11.0. The number of hydrogen-bond donors (Lipinski definition) is 1. The van der Waals surface area contributed by atoms with Crippen LogP contribution in [0.2, 0.25) is 0 Å². The van der Waals surface area contributed by atoms with Crippen molar-refractivity contribution in [3.05, 3.63) is 77.0 Å². The molecule has 172 valence electrons. The van der Waals surface area contributed by atoms with Crippen molar-refractivity contribution in [2.45, 2.75) is 26.8 Å². The maximum absolute atomic E-state index is 14.7. The fourth-order valence-corrected chi connectivity index (χ4v) is 4.65. The molecule has 1 atom stereocenters. The minimum Gasteiger partial charge on any atom is -0.483 e. The van der Waals surface area contributed by atoms with Gasteiger partial charge in [0.25, 0.3) is 0 Å². The molecule has 1 aliphatic rings. The van der Waals surface area contributed by atoms with Gasteiger partial charge in [0, 0.05) is 24.1 Å². The Labute approximate surface area is 201 Å². The molecule has 6 nitrogen and oxygen atoms in total. The summed E-state index contributed by atoms with van der Waals surface area (Å²) in [4.78, 5) is 13.5. The summed E-state index contributed by atoms with van der Waals surface area (Å²) in [6, 6.07) is 12.5. The number of thiazole rings is 1. The number of nitrogens with zero attached hydrogens (tertiary/aromatic N) is 4. The van der Waals surface area contributed by atoms with Gasteiger partial charge in [0.05, 0.1) is 33.5 Å². The minimum absolute atomic E-state index is 0.293. The van der Waals surface area contributed by atoms with Crippen LogP contribution in [0.4, 0.5) is 10.2 Å². The van der Waals surface area contributed by atoms with Gasteiger partial charge in [-0.15, -0.1) is 11.3 Å². The van der Waals surface area contributed by atoms with Crippen molar-refractivity contribution in [1.29, 1.82) is 0 Å². The van der Waals surface area contributed by atoms with Gasteiger partial charge in [-0.3, -0.25) is 0 Å². The van der Waals surface area contributed by atoms with E-state index in [0.29, 0.717) is 29.6 Å². The molecule has 2 aromatic heterocycles. The largest absolute Gasteiger partial charge is 0.483 e. The fraction of sp³-hybridized carbons (Fsp3) is 0.231. The average Bonchev–Trinajstić information content (AvgIpc) is 3.30. The van der Waals surface area contributed by atoms with Crippen LogP contribution < -0.4 is 10.1 Å². The molecule has 0 radical (unpaired) electrons. The molecule has 0 aliphatic carbocycles. The van der Waals surface area contributed by atoms with E-state index in [1.54, 1.807) is 23.5 Å². The molecular weight excluding hydrogens is 449 g/mol. The summed E-state index contributed by atoms with van der Waals surface area (Å²) in [7, 11) is 2.00. The molecule has 0 amide bonds. The molecule has 1 aliphatic heterocycles. The molecular formula is C26H25FN5OS+. The Kier molecular flexibility index (Phi) is 5.83. The number of hydrogen-bond acceptors (Lipinski definition) is 6. The first kappa shape index (κ1) is 22.2. The third-order valence-electron chi connectivity index (χ3n) is 5.99. The molecule has 1 unspecified atom stereocenters. The number of aryl methyl sites for hydroxylation is 1. The van der Waals surface area contributed by atoms with E-state index >= 15 is 0 Å². The van der Waals surface area contributed by atoms with Crippen molar-refractivity contribution in [1.82, 2.24) is 15.0 Å². The van der Waals surface area contributed by atoms with Crippen molar-refractivity contribution in [3.8, 4) is 17.0 Å². The van der Waals surface area contributed by atoms with E-state index < -0.39 is 0 Å². The molecule has 0 saturated carbocycles. The SMILES string of the molecule is CC1=CC(COc2ccc(F)c(C(C)Nc3cc(-c4ccc5ncsc5c4)nc(C)n3)c2)=[N+]1C. The molecule has 0 fully saturated rings. The van der Waals surface area contributed by atoms with Crippen molar-refractivity contribution in [2.75, 3.05) is 19.0 Å². The van der Waals surface area contributed by atoms with Gasteiger partial charge in [0.1, 0.15) is 30.3 Å². The quantitative estimate of drug-likeness (QED) is 0.346. The van der Waals surface area contributed by atoms with Crippen LogP contribution in [0.3, 0.4) is 0 Å². The number of anilines is 1. The Bertz CT molecular complexity index is 1460. The van der Waals surface area contributed by atoms with Crippen LogP contribution in [0, 0.1) is 12.7 Å². The lowest BCUT2D eigenvalue weighted by atomic mass is 10.1. The van der Waals surface area contributed by atoms with Crippen molar-refractivity contribution in [2.24, 2.45) is 0 Å². The zero-order chi connectivity index (χ0) is 23.8. The molecule has 0 saturated heterocycles. The van der Waals surface area contributed by atoms with Crippen molar-refractivity contribution in [3.63, 3.8) is 0 Å². The molecule has 3 heterocycles. The summed E-state index contributed by atoms with van der Waals surface area (Å²) in [5, 5.41) is 3.33. The van der Waals surface area contributed by atoms with Crippen LogP contribution in [0.1, 0.15) is 31.3 Å². The van der Waals surface area contributed by atoms with Crippen LogP contribution in [-0.2, 0) is 0 Å². The lowest BCUT2D eigenvalue weighted by molar-refractivity contribution is -0.456. The molecule has 5 rings (SSSR count). The topological polar surface area (TPSA) is 62.9 Å². The van der Waals surface area contributed by atoms with Gasteiger partial charge in [0.15, 0.2) is 12.3 Å². The van der Waals surface area contributed by atoms with E-state index in [-0.39, 0.29) is 11.9 Å². The van der Waals surface area contributed by atoms with E-state index in [9.17, 15) is 4.39 Å². The van der Waals surface area contributed by atoms with E-state index in [0.717, 1.165) is 27.2 Å². The summed E-state index contributed by atoms with van der Waals surface area (Å²) >= 11 is 1.60. The molecule has 34 heavy (non-hydrogen) atoms. The van der Waals surface area contributed by atoms with Crippen LogP contribution >= 0.6 is 11.3 Å². The van der Waals surface area contributed by atoms with E-state index in [1.807, 2.05) is 51.5 Å². The second kappa shape index (κ2) is 8.95. The van der Waals surface area contributed by atoms with E-state index in [1.165, 1.54) is 11.8 Å². The molecule has 4 aromatic rings. The Balaban J connectivity index is 1.35. The van der Waals surface area contributed by atoms with Crippen molar-refractivity contribution >= 4 is 33.1 Å². The Morgan fingerprint density at radius 3 is 2.76 bits per heavy atom. The fourth-order valence-electron chi connectivity index (χ4n) is 3.94. The Morgan fingerprint density at radius 1 is 1.12 bits per heavy atom. The minimum atomic E-state index is -0.323. The second-order valence-corrected chi connectivity index (χ2v) is 9.28. The number of benzene rings is 2. The molecule has 0 bridgehead atoms. The summed E-state index contributed by atoms with van der Waals surface area (Å²) in [5.74, 6) is 1.61. The van der Waals surface area contributed by atoms with Gasteiger partial charge < -0.3 is 10.1 Å². The number of nitrogens with one attached hydrogen (secondary N) is 1. The van der Waals surface area contributed by atoms with Gasteiger partial charge >= 0.3 is 0 Å². The van der Waals surface area contributed by atoms with Gasteiger partial charge in [0.2, 0.25) is 5.71 Å². The first-order valence-corrected chi connectivity index (χ1v) is 11.9. The monoisotopic (exact) mass is 474 g/mol. The predicted molar refractivity (Wildman–Crippen MR) is 134 cm³/mol. The third kappa shape index (κ3) is 4.41. The van der Waals surface area contributed by atoms with Gasteiger partial charge in [-0.05, 0) is 44.2 Å². The number of allylic oxidation sites excluding steroid dienone is 1. The zero-order valence-corrected chi connectivity index (χ0v) is 20.3. The standard InChI is InChI=1S/C26H25FN5OS/c1-15-9-19(32(15)4)13-33-20-6-7-22(27)21(11-20)16(2)29-26-12-24(30-17(3)31-26)18-5-8-23-25(10-18)34-14-28-23/h5-12,14,16H,13H2,1-4H3,(H,29,30,31)/q+1. The van der Waals surface area contributed by atoms with Crippen LogP contribution in [0.15, 0.2) is 59.7 Å². The maximum atomic E-state index is 14.7. The lowest BCUT2D eigenvalue weighted by Gasteiger charge is -2.18. The summed E-state index contributed by atoms with van der Waals surface area (Å²) in [6.07, 6.45) is 2.08. The molecule has 0 spiro atoms. The van der Waals surface area contributed by atoms with E-state index in [4.69, 9.17) is 4.74 Å². The van der Waals surface area contributed by atoms with Gasteiger partial charge in [-0.1, -0.05) is 6.07 Å².